The van der Waals surface area contributed by atoms with E-state index in [-0.39, 0.29) is 32.7 Å². The summed E-state index contributed by atoms with van der Waals surface area (Å²) in [4.78, 5) is 4.38. The van der Waals surface area contributed by atoms with Gasteiger partial charge in [-0.2, -0.15) is 5.26 Å². The molecule has 9 heteroatoms. The SMILES string of the molecule is COc1nc(-c2ccc(Cl)c(Cl)c2)c(NS(=O)(=O)c2ccccc2)cc1C#N. The van der Waals surface area contributed by atoms with Crippen LogP contribution in [0.1, 0.15) is 5.56 Å². The Bertz CT molecular complexity index is 1180. The normalized spacial score (nSPS) is 10.9. The maximum atomic E-state index is 12.8. The largest absolute Gasteiger partial charge is 0.480 e. The average molecular weight is 434 g/mol. The Balaban J connectivity index is 2.19. The van der Waals surface area contributed by atoms with E-state index >= 15 is 0 Å². The number of nitrogens with zero attached hydrogens (tertiary/aromatic N) is 2. The minimum Gasteiger partial charge on any atom is -0.480 e. The molecule has 1 N–H and O–H groups in total. The molecule has 1 heterocycles. The predicted molar refractivity (Wildman–Crippen MR) is 108 cm³/mol. The highest BCUT2D eigenvalue weighted by Gasteiger charge is 2.20. The molecular weight excluding hydrogens is 421 g/mol. The third-order valence-electron chi connectivity index (χ3n) is 3.79. The van der Waals surface area contributed by atoms with Crippen LogP contribution in [-0.2, 0) is 10.0 Å². The summed E-state index contributed by atoms with van der Waals surface area (Å²) in [5.74, 6) is 0.0613. The summed E-state index contributed by atoms with van der Waals surface area (Å²) in [6, 6.07) is 15.9. The number of hydrogen-bond acceptors (Lipinski definition) is 5. The Hall–Kier alpha value is -2.79. The lowest BCUT2D eigenvalue weighted by molar-refractivity contribution is 0.397. The first-order valence-corrected chi connectivity index (χ1v) is 10.1. The molecular formula is C19H13Cl2N3O3S. The quantitative estimate of drug-likeness (QED) is 0.627. The van der Waals surface area contributed by atoms with E-state index in [2.05, 4.69) is 9.71 Å². The third kappa shape index (κ3) is 4.04. The van der Waals surface area contributed by atoms with Gasteiger partial charge in [0, 0.05) is 5.56 Å². The fourth-order valence-electron chi connectivity index (χ4n) is 2.48. The number of anilines is 1. The number of pyridine rings is 1. The number of sulfonamides is 1. The number of hydrogen-bond donors (Lipinski definition) is 1. The first-order valence-electron chi connectivity index (χ1n) is 7.88. The van der Waals surface area contributed by atoms with Crippen molar-refractivity contribution in [3.05, 3.63) is 70.2 Å². The van der Waals surface area contributed by atoms with Crippen LogP contribution in [0.2, 0.25) is 10.0 Å². The second-order valence-electron chi connectivity index (χ2n) is 5.60. The Kier molecular flexibility index (Phi) is 5.75. The molecule has 1 aromatic heterocycles. The Morgan fingerprint density at radius 2 is 1.79 bits per heavy atom. The Labute approximate surface area is 172 Å². The second-order valence-corrected chi connectivity index (χ2v) is 8.10. The summed E-state index contributed by atoms with van der Waals surface area (Å²) >= 11 is 12.1. The van der Waals surface area contributed by atoms with Gasteiger partial charge in [-0.05, 0) is 30.3 Å². The number of nitriles is 1. The fraction of sp³-hybridized carbons (Fsp3) is 0.0526. The van der Waals surface area contributed by atoms with Gasteiger partial charge in [-0.15, -0.1) is 0 Å². The van der Waals surface area contributed by atoms with Crippen LogP contribution in [0.3, 0.4) is 0 Å². The van der Waals surface area contributed by atoms with Crippen LogP contribution in [0, 0.1) is 11.3 Å². The Morgan fingerprint density at radius 1 is 1.07 bits per heavy atom. The summed E-state index contributed by atoms with van der Waals surface area (Å²) in [7, 11) is -2.54. The molecule has 0 aliphatic carbocycles. The van der Waals surface area contributed by atoms with Crippen LogP contribution in [0.5, 0.6) is 5.88 Å². The van der Waals surface area contributed by atoms with Crippen LogP contribution in [0.4, 0.5) is 5.69 Å². The van der Waals surface area contributed by atoms with Crippen LogP contribution >= 0.6 is 23.2 Å². The third-order valence-corrected chi connectivity index (χ3v) is 5.91. The number of ether oxygens (including phenoxy) is 1. The Morgan fingerprint density at radius 3 is 2.39 bits per heavy atom. The molecule has 0 saturated heterocycles. The highest BCUT2D eigenvalue weighted by Crippen LogP contribution is 2.35. The molecule has 0 fully saturated rings. The summed E-state index contributed by atoms with van der Waals surface area (Å²) in [6.45, 7) is 0. The smallest absolute Gasteiger partial charge is 0.261 e. The lowest BCUT2D eigenvalue weighted by atomic mass is 10.1. The van der Waals surface area contributed by atoms with Crippen molar-refractivity contribution >= 4 is 38.9 Å². The number of nitrogens with one attached hydrogen (secondary N) is 1. The molecule has 0 saturated carbocycles. The number of methoxy groups -OCH3 is 1. The van der Waals surface area contributed by atoms with Gasteiger partial charge in [-0.25, -0.2) is 13.4 Å². The standard InChI is InChI=1S/C19H13Cl2N3O3S/c1-27-19-13(11-22)10-17(24-28(25,26)14-5-3-2-4-6-14)18(23-19)12-7-8-15(20)16(21)9-12/h2-10,24H,1H3. The van der Waals surface area contributed by atoms with Gasteiger partial charge >= 0.3 is 0 Å². The molecule has 0 atom stereocenters. The zero-order valence-electron chi connectivity index (χ0n) is 14.5. The monoisotopic (exact) mass is 433 g/mol. The average Bonchev–Trinajstić information content (AvgIpc) is 2.70. The van der Waals surface area contributed by atoms with Crippen molar-refractivity contribution in [2.24, 2.45) is 0 Å². The fourth-order valence-corrected chi connectivity index (χ4v) is 3.85. The van der Waals surface area contributed by atoms with Crippen LogP contribution in [0.25, 0.3) is 11.3 Å². The maximum absolute atomic E-state index is 12.8. The minimum absolute atomic E-state index is 0.0613. The molecule has 0 aliphatic heterocycles. The van der Waals surface area contributed by atoms with Gasteiger partial charge in [0.15, 0.2) is 0 Å². The lowest BCUT2D eigenvalue weighted by Gasteiger charge is -2.15. The predicted octanol–water partition coefficient (Wildman–Crippen LogP) is 4.74. The zero-order valence-corrected chi connectivity index (χ0v) is 16.8. The van der Waals surface area contributed by atoms with Crippen molar-refractivity contribution in [3.8, 4) is 23.2 Å². The molecule has 0 aliphatic rings. The van der Waals surface area contributed by atoms with E-state index in [0.717, 1.165) is 0 Å². The van der Waals surface area contributed by atoms with Crippen molar-refractivity contribution in [2.45, 2.75) is 4.90 Å². The molecule has 0 spiro atoms. The summed E-state index contributed by atoms with van der Waals surface area (Å²) in [6.07, 6.45) is 0. The molecule has 0 unspecified atom stereocenters. The van der Waals surface area contributed by atoms with E-state index in [1.807, 2.05) is 6.07 Å². The van der Waals surface area contributed by atoms with E-state index in [1.165, 1.54) is 25.3 Å². The summed E-state index contributed by atoms with van der Waals surface area (Å²) in [5.41, 5.74) is 0.938. The molecule has 3 aromatic rings. The van der Waals surface area contributed by atoms with Gasteiger partial charge in [-0.1, -0.05) is 47.5 Å². The second kappa shape index (κ2) is 8.07. The van der Waals surface area contributed by atoms with Crippen LogP contribution in [-0.4, -0.2) is 20.5 Å². The molecule has 0 bridgehead atoms. The van der Waals surface area contributed by atoms with E-state index in [0.29, 0.717) is 10.6 Å². The van der Waals surface area contributed by atoms with Crippen molar-refractivity contribution in [3.63, 3.8) is 0 Å². The molecule has 3 rings (SSSR count). The van der Waals surface area contributed by atoms with Crippen LogP contribution in [0.15, 0.2) is 59.5 Å². The minimum atomic E-state index is -3.91. The number of halogens is 2. The molecule has 28 heavy (non-hydrogen) atoms. The van der Waals surface area contributed by atoms with Gasteiger partial charge in [0.05, 0.1) is 33.4 Å². The van der Waals surface area contributed by atoms with Gasteiger partial charge in [0.2, 0.25) is 5.88 Å². The van der Waals surface area contributed by atoms with E-state index in [9.17, 15) is 13.7 Å². The van der Waals surface area contributed by atoms with Gasteiger partial charge in [0.1, 0.15) is 11.6 Å². The van der Waals surface area contributed by atoms with E-state index in [4.69, 9.17) is 27.9 Å². The van der Waals surface area contributed by atoms with Gasteiger partial charge in [0.25, 0.3) is 10.0 Å². The van der Waals surface area contributed by atoms with E-state index < -0.39 is 10.0 Å². The number of aromatic nitrogens is 1. The van der Waals surface area contributed by atoms with Crippen molar-refractivity contribution in [2.75, 3.05) is 11.8 Å². The molecule has 6 nitrogen and oxygen atoms in total. The first kappa shape index (κ1) is 20.0. The number of benzene rings is 2. The van der Waals surface area contributed by atoms with Crippen LogP contribution < -0.4 is 9.46 Å². The van der Waals surface area contributed by atoms with E-state index in [1.54, 1.807) is 36.4 Å². The van der Waals surface area contributed by atoms with Crippen molar-refractivity contribution < 1.29 is 13.2 Å². The summed E-state index contributed by atoms with van der Waals surface area (Å²) in [5, 5.41) is 9.97. The molecule has 0 radical (unpaired) electrons. The van der Waals surface area contributed by atoms with Crippen molar-refractivity contribution in [1.29, 1.82) is 5.26 Å². The maximum Gasteiger partial charge on any atom is 0.261 e. The first-order chi connectivity index (χ1) is 13.4. The highest BCUT2D eigenvalue weighted by atomic mass is 35.5. The molecule has 142 valence electrons. The van der Waals surface area contributed by atoms with Gasteiger partial charge < -0.3 is 4.74 Å². The number of rotatable bonds is 5. The zero-order chi connectivity index (χ0) is 20.3. The molecule has 2 aromatic carbocycles. The molecule has 0 amide bonds. The highest BCUT2D eigenvalue weighted by molar-refractivity contribution is 7.92. The lowest BCUT2D eigenvalue weighted by Crippen LogP contribution is -2.14. The van der Waals surface area contributed by atoms with Gasteiger partial charge in [-0.3, -0.25) is 4.72 Å². The van der Waals surface area contributed by atoms with Crippen molar-refractivity contribution in [1.82, 2.24) is 4.98 Å². The topological polar surface area (TPSA) is 92.1 Å². The summed E-state index contributed by atoms with van der Waals surface area (Å²) < 4.78 is 33.2.